The van der Waals surface area contributed by atoms with Crippen molar-refractivity contribution >= 4 is 34.4 Å². The molecular formula is C18H18N2O3S2. The fraction of sp³-hybridized carbons (Fsp3) is 0.222. The van der Waals surface area contributed by atoms with Crippen molar-refractivity contribution in [1.82, 2.24) is 10.6 Å². The normalized spacial score (nSPS) is 15.4. The Kier molecular flexibility index (Phi) is 5.24. The SMILES string of the molecule is CS(=O)c1ccc2c(c1)C(=O)NC2.CSc1ccc2c(c1)C(=O)NC2. The van der Waals surface area contributed by atoms with Crippen LogP contribution < -0.4 is 10.6 Å². The predicted octanol–water partition coefficient (Wildman–Crippen LogP) is 2.32. The first-order valence-corrected chi connectivity index (χ1v) is 10.5. The summed E-state index contributed by atoms with van der Waals surface area (Å²) in [6, 6.07) is 11.4. The Morgan fingerprint density at radius 1 is 0.920 bits per heavy atom. The van der Waals surface area contributed by atoms with Gasteiger partial charge >= 0.3 is 0 Å². The van der Waals surface area contributed by atoms with Crippen LogP contribution in [0.25, 0.3) is 0 Å². The third-order valence-electron chi connectivity index (χ3n) is 4.10. The summed E-state index contributed by atoms with van der Waals surface area (Å²) in [6.07, 6.45) is 3.61. The van der Waals surface area contributed by atoms with E-state index in [1.165, 1.54) is 0 Å². The van der Waals surface area contributed by atoms with Gasteiger partial charge in [-0.25, -0.2) is 0 Å². The van der Waals surface area contributed by atoms with Gasteiger partial charge in [-0.1, -0.05) is 12.1 Å². The number of hydrogen-bond acceptors (Lipinski definition) is 4. The van der Waals surface area contributed by atoms with Crippen molar-refractivity contribution in [2.75, 3.05) is 12.5 Å². The summed E-state index contributed by atoms with van der Waals surface area (Å²) in [5.74, 6) is -0.0109. The van der Waals surface area contributed by atoms with Gasteiger partial charge in [0.1, 0.15) is 0 Å². The lowest BCUT2D eigenvalue weighted by Gasteiger charge is -1.98. The second-order valence-electron chi connectivity index (χ2n) is 5.66. The zero-order valence-corrected chi connectivity index (χ0v) is 15.6. The van der Waals surface area contributed by atoms with Crippen molar-refractivity contribution in [2.24, 2.45) is 0 Å². The van der Waals surface area contributed by atoms with E-state index in [9.17, 15) is 13.8 Å². The average Bonchev–Trinajstić information content (AvgIpc) is 3.18. The molecule has 0 aliphatic carbocycles. The van der Waals surface area contributed by atoms with Gasteiger partial charge in [0.15, 0.2) is 0 Å². The number of benzene rings is 2. The van der Waals surface area contributed by atoms with Crippen LogP contribution in [-0.4, -0.2) is 28.5 Å². The number of hydrogen-bond donors (Lipinski definition) is 2. The summed E-state index contributed by atoms with van der Waals surface area (Å²) in [5.41, 5.74) is 3.59. The van der Waals surface area contributed by atoms with Crippen LogP contribution in [0.5, 0.6) is 0 Å². The molecule has 0 bridgehead atoms. The molecule has 2 aromatic carbocycles. The first-order chi connectivity index (χ1) is 12.0. The van der Waals surface area contributed by atoms with Crippen LogP contribution in [0, 0.1) is 0 Å². The van der Waals surface area contributed by atoms with Gasteiger partial charge in [-0.05, 0) is 41.6 Å². The first-order valence-electron chi connectivity index (χ1n) is 7.69. The number of rotatable bonds is 2. The molecule has 1 unspecified atom stereocenters. The molecule has 0 radical (unpaired) electrons. The molecule has 7 heteroatoms. The molecule has 130 valence electrons. The number of thioether (sulfide) groups is 1. The number of fused-ring (bicyclic) bond motifs is 2. The predicted molar refractivity (Wildman–Crippen MR) is 99.3 cm³/mol. The number of carbonyl (C=O) groups excluding carboxylic acids is 2. The van der Waals surface area contributed by atoms with E-state index in [1.54, 1.807) is 30.2 Å². The van der Waals surface area contributed by atoms with Crippen molar-refractivity contribution in [3.63, 3.8) is 0 Å². The van der Waals surface area contributed by atoms with E-state index in [0.717, 1.165) is 21.6 Å². The Morgan fingerprint density at radius 3 is 2.04 bits per heavy atom. The van der Waals surface area contributed by atoms with Gasteiger partial charge in [0.2, 0.25) is 0 Å². The van der Waals surface area contributed by atoms with Crippen LogP contribution in [-0.2, 0) is 23.9 Å². The Hall–Kier alpha value is -2.12. The molecule has 2 heterocycles. The van der Waals surface area contributed by atoms with E-state index in [4.69, 9.17) is 0 Å². The quantitative estimate of drug-likeness (QED) is 0.791. The van der Waals surface area contributed by atoms with Crippen molar-refractivity contribution in [3.8, 4) is 0 Å². The van der Waals surface area contributed by atoms with E-state index < -0.39 is 10.8 Å². The lowest BCUT2D eigenvalue weighted by Crippen LogP contribution is -2.12. The van der Waals surface area contributed by atoms with Gasteiger partial charge in [-0.15, -0.1) is 11.8 Å². The van der Waals surface area contributed by atoms with Gasteiger partial charge in [0.25, 0.3) is 11.8 Å². The molecule has 2 aliphatic rings. The highest BCUT2D eigenvalue weighted by molar-refractivity contribution is 7.98. The number of carbonyl (C=O) groups is 2. The lowest BCUT2D eigenvalue weighted by molar-refractivity contribution is 0.0957. The highest BCUT2D eigenvalue weighted by atomic mass is 32.2. The molecule has 0 spiro atoms. The smallest absolute Gasteiger partial charge is 0.251 e. The van der Waals surface area contributed by atoms with Crippen molar-refractivity contribution in [3.05, 3.63) is 58.7 Å². The van der Waals surface area contributed by atoms with E-state index in [2.05, 4.69) is 10.6 Å². The average molecular weight is 374 g/mol. The zero-order chi connectivity index (χ0) is 18.0. The third kappa shape index (κ3) is 3.77. The van der Waals surface area contributed by atoms with Gasteiger partial charge in [0.05, 0.1) is 0 Å². The molecule has 0 aromatic heterocycles. The fourth-order valence-corrected chi connectivity index (χ4v) is 3.67. The standard InChI is InChI=1S/C9H9NO2S.C9H9NOS/c1-13(12)7-3-2-6-5-10-9(11)8(6)4-7;1-12-7-3-2-6-5-10-9(11)8(6)4-7/h2-4H,5H2,1H3,(H,10,11);2-4H,5H2,1H3,(H,10,11). The minimum Gasteiger partial charge on any atom is -0.348 e. The second-order valence-corrected chi connectivity index (χ2v) is 7.92. The molecule has 4 rings (SSSR count). The Bertz CT molecular complexity index is 881. The topological polar surface area (TPSA) is 75.3 Å². The lowest BCUT2D eigenvalue weighted by atomic mass is 10.1. The second kappa shape index (κ2) is 7.41. The Balaban J connectivity index is 0.000000146. The Morgan fingerprint density at radius 2 is 1.48 bits per heavy atom. The molecule has 2 aromatic rings. The maximum Gasteiger partial charge on any atom is 0.251 e. The largest absolute Gasteiger partial charge is 0.348 e. The monoisotopic (exact) mass is 374 g/mol. The number of amides is 2. The van der Waals surface area contributed by atoms with Crippen LogP contribution in [0.3, 0.4) is 0 Å². The van der Waals surface area contributed by atoms with Gasteiger partial charge in [-0.3, -0.25) is 13.8 Å². The van der Waals surface area contributed by atoms with Gasteiger partial charge in [-0.2, -0.15) is 0 Å². The molecular weight excluding hydrogens is 356 g/mol. The van der Waals surface area contributed by atoms with Crippen molar-refractivity contribution < 1.29 is 13.8 Å². The van der Waals surface area contributed by atoms with Crippen LogP contribution in [0.15, 0.2) is 46.2 Å². The number of nitrogens with one attached hydrogen (secondary N) is 2. The van der Waals surface area contributed by atoms with E-state index in [1.807, 2.05) is 30.5 Å². The fourth-order valence-electron chi connectivity index (χ4n) is 2.69. The van der Waals surface area contributed by atoms with Crippen molar-refractivity contribution in [2.45, 2.75) is 22.9 Å². The van der Waals surface area contributed by atoms with E-state index in [0.29, 0.717) is 23.5 Å². The van der Waals surface area contributed by atoms with Crippen LogP contribution in [0.4, 0.5) is 0 Å². The molecule has 2 N–H and O–H groups in total. The van der Waals surface area contributed by atoms with Crippen LogP contribution >= 0.6 is 11.8 Å². The maximum absolute atomic E-state index is 11.2. The summed E-state index contributed by atoms with van der Waals surface area (Å²) in [4.78, 5) is 24.3. The summed E-state index contributed by atoms with van der Waals surface area (Å²) in [7, 11) is -1.02. The highest BCUT2D eigenvalue weighted by Crippen LogP contribution is 2.22. The van der Waals surface area contributed by atoms with E-state index >= 15 is 0 Å². The molecule has 2 amide bonds. The molecule has 1 atom stereocenters. The maximum atomic E-state index is 11.2. The van der Waals surface area contributed by atoms with Crippen LogP contribution in [0.1, 0.15) is 31.8 Å². The summed E-state index contributed by atoms with van der Waals surface area (Å²) < 4.78 is 11.1. The molecule has 0 saturated carbocycles. The zero-order valence-electron chi connectivity index (χ0n) is 13.9. The van der Waals surface area contributed by atoms with Gasteiger partial charge < -0.3 is 10.6 Å². The molecule has 5 nitrogen and oxygen atoms in total. The minimum absolute atomic E-state index is 0.0564. The van der Waals surface area contributed by atoms with E-state index in [-0.39, 0.29) is 11.8 Å². The first kappa shape index (κ1) is 17.7. The summed E-state index contributed by atoms with van der Waals surface area (Å²) in [5, 5.41) is 5.50. The molecule has 2 aliphatic heterocycles. The molecule has 0 fully saturated rings. The summed E-state index contributed by atoms with van der Waals surface area (Å²) >= 11 is 1.66. The third-order valence-corrected chi connectivity index (χ3v) is 5.74. The highest BCUT2D eigenvalue weighted by Gasteiger charge is 2.19. The summed E-state index contributed by atoms with van der Waals surface area (Å²) in [6.45, 7) is 1.27. The molecule has 0 saturated heterocycles. The van der Waals surface area contributed by atoms with Crippen molar-refractivity contribution in [1.29, 1.82) is 0 Å². The van der Waals surface area contributed by atoms with Crippen LogP contribution in [0.2, 0.25) is 0 Å². The molecule has 25 heavy (non-hydrogen) atoms. The minimum atomic E-state index is -1.02. The van der Waals surface area contributed by atoms with Gasteiger partial charge in [0, 0.05) is 51.1 Å². The Labute approximate surface area is 153 Å².